The maximum absolute atomic E-state index is 12.0. The SMILES string of the molecule is [O-][N+](=N/C=C\c1ccccc1)c1c(Br)cc(Br)cc1Br. The number of halogens is 3. The van der Waals surface area contributed by atoms with E-state index in [1.54, 1.807) is 18.2 Å². The maximum atomic E-state index is 12.0. The van der Waals surface area contributed by atoms with Gasteiger partial charge in [0.25, 0.3) is 5.69 Å². The van der Waals surface area contributed by atoms with Crippen molar-refractivity contribution in [1.82, 2.24) is 0 Å². The average Bonchev–Trinajstić information content (AvgIpc) is 2.38. The summed E-state index contributed by atoms with van der Waals surface area (Å²) in [6.45, 7) is 0. The maximum Gasteiger partial charge on any atom is 0.273 e. The van der Waals surface area contributed by atoms with Gasteiger partial charge >= 0.3 is 0 Å². The van der Waals surface area contributed by atoms with Crippen molar-refractivity contribution < 1.29 is 4.86 Å². The van der Waals surface area contributed by atoms with Gasteiger partial charge in [-0.1, -0.05) is 46.3 Å². The molecule has 0 saturated carbocycles. The van der Waals surface area contributed by atoms with E-state index >= 15 is 0 Å². The Bertz CT molecular complexity index is 646. The lowest BCUT2D eigenvalue weighted by molar-refractivity contribution is -0.438. The number of rotatable bonds is 3. The minimum Gasteiger partial charge on any atom is -0.594 e. The Morgan fingerprint density at radius 2 is 1.60 bits per heavy atom. The first-order valence-electron chi connectivity index (χ1n) is 5.62. The Hall–Kier alpha value is -0.980. The zero-order valence-corrected chi connectivity index (χ0v) is 14.9. The zero-order valence-electron chi connectivity index (χ0n) is 10.1. The Labute approximate surface area is 142 Å². The zero-order chi connectivity index (χ0) is 14.5. The molecule has 0 aliphatic rings. The smallest absolute Gasteiger partial charge is 0.273 e. The van der Waals surface area contributed by atoms with Gasteiger partial charge in [-0.05, 0) is 60.5 Å². The second kappa shape index (κ2) is 7.15. The van der Waals surface area contributed by atoms with Gasteiger partial charge in [0.05, 0.1) is 15.1 Å². The third-order valence-electron chi connectivity index (χ3n) is 2.41. The first kappa shape index (κ1) is 15.4. The lowest BCUT2D eigenvalue weighted by atomic mass is 10.2. The van der Waals surface area contributed by atoms with E-state index < -0.39 is 0 Å². The first-order valence-corrected chi connectivity index (χ1v) is 8.00. The molecule has 0 N–H and O–H groups in total. The minimum absolute atomic E-state index is 0.422. The van der Waals surface area contributed by atoms with Crippen LogP contribution < -0.4 is 0 Å². The number of nitrogens with zero attached hydrogens (tertiary/aromatic N) is 2. The summed E-state index contributed by atoms with van der Waals surface area (Å²) in [6.07, 6.45) is 3.24. The summed E-state index contributed by atoms with van der Waals surface area (Å²) in [6, 6.07) is 13.2. The van der Waals surface area contributed by atoms with E-state index in [2.05, 4.69) is 52.9 Å². The van der Waals surface area contributed by atoms with Crippen LogP contribution in [0.4, 0.5) is 5.69 Å². The molecule has 0 spiro atoms. The molecule has 0 heterocycles. The highest BCUT2D eigenvalue weighted by molar-refractivity contribution is 9.11. The first-order chi connectivity index (χ1) is 9.58. The van der Waals surface area contributed by atoms with Gasteiger partial charge < -0.3 is 5.21 Å². The van der Waals surface area contributed by atoms with Crippen molar-refractivity contribution in [3.8, 4) is 0 Å². The molecule has 0 aromatic heterocycles. The van der Waals surface area contributed by atoms with Gasteiger partial charge in [0, 0.05) is 9.59 Å². The summed E-state index contributed by atoms with van der Waals surface area (Å²) in [7, 11) is 0. The number of hydrogen-bond donors (Lipinski definition) is 0. The summed E-state index contributed by atoms with van der Waals surface area (Å²) in [5, 5.41) is 15.9. The lowest BCUT2D eigenvalue weighted by Crippen LogP contribution is -1.93. The van der Waals surface area contributed by atoms with Crippen molar-refractivity contribution in [2.75, 3.05) is 0 Å². The lowest BCUT2D eigenvalue weighted by Gasteiger charge is -2.04. The molecule has 6 heteroatoms. The predicted octanol–water partition coefficient (Wildman–Crippen LogP) is 6.24. The van der Waals surface area contributed by atoms with Gasteiger partial charge in [0.2, 0.25) is 0 Å². The second-order valence-corrected chi connectivity index (χ2v) is 6.46. The van der Waals surface area contributed by atoms with Crippen molar-refractivity contribution in [3.63, 3.8) is 0 Å². The van der Waals surface area contributed by atoms with Crippen molar-refractivity contribution >= 4 is 59.6 Å². The van der Waals surface area contributed by atoms with E-state index in [-0.39, 0.29) is 0 Å². The summed E-state index contributed by atoms with van der Waals surface area (Å²) >= 11 is 10.1. The Kier molecular flexibility index (Phi) is 5.51. The van der Waals surface area contributed by atoms with Gasteiger partial charge in [-0.15, -0.1) is 0 Å². The van der Waals surface area contributed by atoms with E-state index in [1.165, 1.54) is 6.20 Å². The van der Waals surface area contributed by atoms with Gasteiger partial charge in [0.15, 0.2) is 0 Å². The van der Waals surface area contributed by atoms with Crippen LogP contribution in [0.2, 0.25) is 0 Å². The molecule has 102 valence electrons. The molecule has 0 saturated heterocycles. The quantitative estimate of drug-likeness (QED) is 0.303. The van der Waals surface area contributed by atoms with E-state index in [0.717, 1.165) is 10.0 Å². The van der Waals surface area contributed by atoms with Crippen molar-refractivity contribution in [3.05, 3.63) is 72.9 Å². The van der Waals surface area contributed by atoms with Crippen LogP contribution >= 0.6 is 47.8 Å². The van der Waals surface area contributed by atoms with Crippen LogP contribution in [-0.2, 0) is 0 Å². The Balaban J connectivity index is 2.26. The van der Waals surface area contributed by atoms with Crippen LogP contribution in [0.5, 0.6) is 0 Å². The van der Waals surface area contributed by atoms with Crippen molar-refractivity contribution in [1.29, 1.82) is 0 Å². The monoisotopic (exact) mass is 458 g/mol. The molecule has 0 aliphatic carbocycles. The third-order valence-corrected chi connectivity index (χ3v) is 4.08. The standard InChI is InChI=1S/C14H9Br3N2O/c15-11-8-12(16)14(13(17)9-11)19(20)18-7-6-10-4-2-1-3-5-10/h1-9H/b7-6-,19-18?. The van der Waals surface area contributed by atoms with Crippen LogP contribution in [-0.4, -0.2) is 4.86 Å². The van der Waals surface area contributed by atoms with Crippen molar-refractivity contribution in [2.24, 2.45) is 5.11 Å². The molecule has 2 aromatic rings. The highest BCUT2D eigenvalue weighted by Gasteiger charge is 2.15. The summed E-state index contributed by atoms with van der Waals surface area (Å²) < 4.78 is 2.18. The topological polar surface area (TPSA) is 38.4 Å². The highest BCUT2D eigenvalue weighted by atomic mass is 79.9. The van der Waals surface area contributed by atoms with Crippen LogP contribution in [0.15, 0.2) is 67.2 Å². The molecular formula is C14H9Br3N2O. The Morgan fingerprint density at radius 3 is 2.20 bits per heavy atom. The summed E-state index contributed by atoms with van der Waals surface area (Å²) in [4.78, 5) is 0.569. The average molecular weight is 461 g/mol. The summed E-state index contributed by atoms with van der Waals surface area (Å²) in [5.41, 5.74) is 1.41. The van der Waals surface area contributed by atoms with E-state index in [1.807, 2.05) is 30.3 Å². The predicted molar refractivity (Wildman–Crippen MR) is 90.7 cm³/mol. The third kappa shape index (κ3) is 4.01. The minimum atomic E-state index is 0.422. The molecule has 20 heavy (non-hydrogen) atoms. The number of benzene rings is 2. The van der Waals surface area contributed by atoms with Crippen LogP contribution in [0.25, 0.3) is 6.08 Å². The molecule has 0 bridgehead atoms. The highest BCUT2D eigenvalue weighted by Crippen LogP contribution is 2.36. The molecule has 2 aromatic carbocycles. The number of hydrogen-bond acceptors (Lipinski definition) is 2. The van der Waals surface area contributed by atoms with Gasteiger partial charge in [0.1, 0.15) is 0 Å². The molecule has 0 aliphatic heterocycles. The van der Waals surface area contributed by atoms with E-state index in [9.17, 15) is 5.21 Å². The molecule has 0 unspecified atom stereocenters. The molecule has 0 atom stereocenters. The van der Waals surface area contributed by atoms with Gasteiger partial charge in [-0.2, -0.15) is 0 Å². The van der Waals surface area contributed by atoms with Crippen LogP contribution in [0.1, 0.15) is 5.56 Å². The fourth-order valence-electron chi connectivity index (χ4n) is 1.52. The second-order valence-electron chi connectivity index (χ2n) is 3.83. The molecule has 0 amide bonds. The fraction of sp³-hybridized carbons (Fsp3) is 0. The largest absolute Gasteiger partial charge is 0.594 e. The number of azo groups is 1. The summed E-state index contributed by atoms with van der Waals surface area (Å²) in [5.74, 6) is 0. The van der Waals surface area contributed by atoms with Crippen LogP contribution in [0, 0.1) is 5.21 Å². The van der Waals surface area contributed by atoms with E-state index in [0.29, 0.717) is 19.5 Å². The molecule has 2 rings (SSSR count). The fourth-order valence-corrected chi connectivity index (χ4v) is 4.08. The normalized spacial score (nSPS) is 12.1. The Morgan fingerprint density at radius 1 is 1.00 bits per heavy atom. The van der Waals surface area contributed by atoms with Gasteiger partial charge in [-0.3, -0.25) is 0 Å². The van der Waals surface area contributed by atoms with Crippen molar-refractivity contribution in [2.45, 2.75) is 0 Å². The molecular weight excluding hydrogens is 452 g/mol. The van der Waals surface area contributed by atoms with Crippen LogP contribution in [0.3, 0.4) is 0 Å². The van der Waals surface area contributed by atoms with E-state index in [4.69, 9.17) is 0 Å². The molecule has 0 radical (unpaired) electrons. The molecule has 0 fully saturated rings. The molecule has 3 nitrogen and oxygen atoms in total. The van der Waals surface area contributed by atoms with Gasteiger partial charge in [-0.25, -0.2) is 0 Å².